The quantitative estimate of drug-likeness (QED) is 0.809. The monoisotopic (exact) mass is 321 g/mol. The molecule has 2 aromatic rings. The Morgan fingerprint density at radius 1 is 1.32 bits per heavy atom. The molecule has 0 saturated carbocycles. The Bertz CT molecular complexity index is 643. The standard InChI is InChI=1S/C15H19N3O3S/c1-20-12-4-3-10(7-13(12)21-2)8-14(19)17-6-5-11-9-22-15(16)18-11/h3-4,7,9H,5-6,8H2,1-2H3,(H2,16,18)(H,17,19). The van der Waals surface area contributed by atoms with Crippen molar-refractivity contribution in [2.45, 2.75) is 12.8 Å². The Balaban J connectivity index is 1.84. The molecule has 0 fully saturated rings. The third kappa shape index (κ3) is 4.36. The average molecular weight is 321 g/mol. The van der Waals surface area contributed by atoms with Crippen LogP contribution in [0.1, 0.15) is 11.3 Å². The molecule has 0 unspecified atom stereocenters. The van der Waals surface area contributed by atoms with Gasteiger partial charge in [0.15, 0.2) is 16.6 Å². The normalized spacial score (nSPS) is 10.3. The third-order valence-electron chi connectivity index (χ3n) is 3.09. The van der Waals surface area contributed by atoms with Gasteiger partial charge in [0.05, 0.1) is 26.3 Å². The molecular weight excluding hydrogens is 302 g/mol. The average Bonchev–Trinajstić information content (AvgIpc) is 2.92. The first-order valence-electron chi connectivity index (χ1n) is 6.80. The molecule has 0 radical (unpaired) electrons. The summed E-state index contributed by atoms with van der Waals surface area (Å²) in [6, 6.07) is 5.45. The van der Waals surface area contributed by atoms with Crippen LogP contribution < -0.4 is 20.5 Å². The Morgan fingerprint density at radius 2 is 2.09 bits per heavy atom. The molecule has 0 saturated heterocycles. The van der Waals surface area contributed by atoms with Crippen LogP contribution in [-0.4, -0.2) is 31.7 Å². The maximum atomic E-state index is 11.9. The molecule has 3 N–H and O–H groups in total. The van der Waals surface area contributed by atoms with E-state index >= 15 is 0 Å². The predicted octanol–water partition coefficient (Wildman–Crippen LogP) is 1.64. The number of ether oxygens (including phenoxy) is 2. The zero-order valence-corrected chi connectivity index (χ0v) is 13.4. The van der Waals surface area contributed by atoms with E-state index in [1.54, 1.807) is 26.4 Å². The molecule has 7 heteroatoms. The van der Waals surface area contributed by atoms with Crippen molar-refractivity contribution in [1.29, 1.82) is 0 Å². The lowest BCUT2D eigenvalue weighted by atomic mass is 10.1. The topological polar surface area (TPSA) is 86.5 Å². The lowest BCUT2D eigenvalue weighted by Gasteiger charge is -2.09. The molecule has 0 spiro atoms. The molecule has 0 aliphatic heterocycles. The summed E-state index contributed by atoms with van der Waals surface area (Å²) in [5.74, 6) is 1.22. The number of rotatable bonds is 7. The molecule has 1 amide bonds. The van der Waals surface area contributed by atoms with E-state index in [1.165, 1.54) is 11.3 Å². The van der Waals surface area contributed by atoms with Crippen LogP contribution in [0.2, 0.25) is 0 Å². The van der Waals surface area contributed by atoms with Crippen LogP contribution in [0, 0.1) is 0 Å². The van der Waals surface area contributed by atoms with Gasteiger partial charge in [-0.25, -0.2) is 4.98 Å². The van der Waals surface area contributed by atoms with Gasteiger partial charge in [0.25, 0.3) is 0 Å². The van der Waals surface area contributed by atoms with Gasteiger partial charge in [-0.15, -0.1) is 11.3 Å². The van der Waals surface area contributed by atoms with E-state index in [0.717, 1.165) is 11.3 Å². The summed E-state index contributed by atoms with van der Waals surface area (Å²) in [7, 11) is 3.15. The van der Waals surface area contributed by atoms with Crippen molar-refractivity contribution in [2.75, 3.05) is 26.5 Å². The van der Waals surface area contributed by atoms with Crippen molar-refractivity contribution in [2.24, 2.45) is 0 Å². The highest BCUT2D eigenvalue weighted by atomic mass is 32.1. The number of anilines is 1. The zero-order chi connectivity index (χ0) is 15.9. The molecular formula is C15H19N3O3S. The molecule has 6 nitrogen and oxygen atoms in total. The molecule has 1 aromatic heterocycles. The van der Waals surface area contributed by atoms with Gasteiger partial charge < -0.3 is 20.5 Å². The van der Waals surface area contributed by atoms with Crippen LogP contribution in [0.3, 0.4) is 0 Å². The second-order valence-corrected chi connectivity index (χ2v) is 5.53. The van der Waals surface area contributed by atoms with Crippen LogP contribution in [0.25, 0.3) is 0 Å². The Morgan fingerprint density at radius 3 is 2.73 bits per heavy atom. The summed E-state index contributed by atoms with van der Waals surface area (Å²) in [6.45, 7) is 0.537. The number of nitrogens with zero attached hydrogens (tertiary/aromatic N) is 1. The predicted molar refractivity (Wildman–Crippen MR) is 86.5 cm³/mol. The van der Waals surface area contributed by atoms with Gasteiger partial charge in [0, 0.05) is 18.3 Å². The number of hydrogen-bond donors (Lipinski definition) is 2. The van der Waals surface area contributed by atoms with Gasteiger partial charge in [-0.1, -0.05) is 6.07 Å². The van der Waals surface area contributed by atoms with E-state index in [1.807, 2.05) is 11.4 Å². The smallest absolute Gasteiger partial charge is 0.224 e. The first kappa shape index (κ1) is 16.1. The number of thiazole rings is 1. The number of hydrogen-bond acceptors (Lipinski definition) is 6. The number of nitrogen functional groups attached to an aromatic ring is 1. The first-order chi connectivity index (χ1) is 10.6. The summed E-state index contributed by atoms with van der Waals surface area (Å²) < 4.78 is 10.4. The summed E-state index contributed by atoms with van der Waals surface area (Å²) in [4.78, 5) is 16.1. The molecule has 0 aliphatic rings. The molecule has 118 valence electrons. The van der Waals surface area contributed by atoms with E-state index in [2.05, 4.69) is 10.3 Å². The molecule has 0 aliphatic carbocycles. The van der Waals surface area contributed by atoms with Crippen LogP contribution in [-0.2, 0) is 17.6 Å². The van der Waals surface area contributed by atoms with Crippen molar-refractivity contribution in [3.8, 4) is 11.5 Å². The van der Waals surface area contributed by atoms with Crippen LogP contribution >= 0.6 is 11.3 Å². The van der Waals surface area contributed by atoms with Crippen LogP contribution in [0.15, 0.2) is 23.6 Å². The highest BCUT2D eigenvalue weighted by Gasteiger charge is 2.08. The van der Waals surface area contributed by atoms with Crippen LogP contribution in [0.5, 0.6) is 11.5 Å². The summed E-state index contributed by atoms with van der Waals surface area (Å²) in [5, 5.41) is 5.31. The van der Waals surface area contributed by atoms with Gasteiger partial charge in [-0.05, 0) is 17.7 Å². The largest absolute Gasteiger partial charge is 0.493 e. The van der Waals surface area contributed by atoms with Crippen molar-refractivity contribution in [3.05, 3.63) is 34.8 Å². The number of benzene rings is 1. The number of nitrogens with two attached hydrogens (primary N) is 1. The minimum absolute atomic E-state index is 0.0459. The number of carbonyl (C=O) groups is 1. The number of nitrogens with one attached hydrogen (secondary N) is 1. The molecule has 1 aromatic carbocycles. The van der Waals surface area contributed by atoms with E-state index < -0.39 is 0 Å². The highest BCUT2D eigenvalue weighted by molar-refractivity contribution is 7.13. The number of aromatic nitrogens is 1. The van der Waals surface area contributed by atoms with Crippen molar-refractivity contribution in [1.82, 2.24) is 10.3 Å². The fraction of sp³-hybridized carbons (Fsp3) is 0.333. The fourth-order valence-corrected chi connectivity index (χ4v) is 2.60. The highest BCUT2D eigenvalue weighted by Crippen LogP contribution is 2.27. The van der Waals surface area contributed by atoms with Crippen molar-refractivity contribution < 1.29 is 14.3 Å². The summed E-state index contributed by atoms with van der Waals surface area (Å²) in [6.07, 6.45) is 0.963. The van der Waals surface area contributed by atoms with Crippen molar-refractivity contribution >= 4 is 22.4 Å². The first-order valence-corrected chi connectivity index (χ1v) is 7.68. The molecule has 2 rings (SSSR count). The van der Waals surface area contributed by atoms with E-state index in [0.29, 0.717) is 36.0 Å². The Hall–Kier alpha value is -2.28. The summed E-state index contributed by atoms with van der Waals surface area (Å²) >= 11 is 1.40. The zero-order valence-electron chi connectivity index (χ0n) is 12.6. The third-order valence-corrected chi connectivity index (χ3v) is 3.81. The molecule has 22 heavy (non-hydrogen) atoms. The van der Waals surface area contributed by atoms with E-state index in [4.69, 9.17) is 15.2 Å². The van der Waals surface area contributed by atoms with E-state index in [9.17, 15) is 4.79 Å². The van der Waals surface area contributed by atoms with Gasteiger partial charge in [0.2, 0.25) is 5.91 Å². The number of carbonyl (C=O) groups excluding carboxylic acids is 1. The molecule has 0 atom stereocenters. The second-order valence-electron chi connectivity index (χ2n) is 4.64. The lowest BCUT2D eigenvalue weighted by molar-refractivity contribution is -0.120. The Kier molecular flexibility index (Phi) is 5.60. The van der Waals surface area contributed by atoms with Crippen molar-refractivity contribution in [3.63, 3.8) is 0 Å². The number of methoxy groups -OCH3 is 2. The maximum absolute atomic E-state index is 11.9. The lowest BCUT2D eigenvalue weighted by Crippen LogP contribution is -2.27. The minimum atomic E-state index is -0.0459. The van der Waals surface area contributed by atoms with E-state index in [-0.39, 0.29) is 5.91 Å². The van der Waals surface area contributed by atoms with Gasteiger partial charge in [-0.2, -0.15) is 0 Å². The van der Waals surface area contributed by atoms with Gasteiger partial charge in [0.1, 0.15) is 0 Å². The number of amides is 1. The SMILES string of the molecule is COc1ccc(CC(=O)NCCc2csc(N)n2)cc1OC. The second kappa shape index (κ2) is 7.65. The van der Waals surface area contributed by atoms with Gasteiger partial charge >= 0.3 is 0 Å². The maximum Gasteiger partial charge on any atom is 0.224 e. The molecule has 0 bridgehead atoms. The fourth-order valence-electron chi connectivity index (χ4n) is 2.01. The van der Waals surface area contributed by atoms with Crippen LogP contribution in [0.4, 0.5) is 5.13 Å². The van der Waals surface area contributed by atoms with Gasteiger partial charge in [-0.3, -0.25) is 4.79 Å². The molecule has 1 heterocycles. The minimum Gasteiger partial charge on any atom is -0.493 e. The Labute approximate surface area is 133 Å². The summed E-state index contributed by atoms with van der Waals surface area (Å²) in [5.41, 5.74) is 7.33.